The van der Waals surface area contributed by atoms with Gasteiger partial charge in [-0.1, -0.05) is 42.0 Å². The van der Waals surface area contributed by atoms with Crippen LogP contribution in [-0.2, 0) is 9.59 Å². The lowest BCUT2D eigenvalue weighted by Crippen LogP contribution is -2.29. The summed E-state index contributed by atoms with van der Waals surface area (Å²) >= 11 is 0. The summed E-state index contributed by atoms with van der Waals surface area (Å²) < 4.78 is 26.9. The summed E-state index contributed by atoms with van der Waals surface area (Å²) in [6, 6.07) is 16.3. The van der Waals surface area contributed by atoms with Crippen molar-refractivity contribution in [2.24, 2.45) is 0 Å². The second-order valence-electron chi connectivity index (χ2n) is 7.06. The molecule has 3 aromatic rings. The van der Waals surface area contributed by atoms with Crippen LogP contribution in [0.5, 0.6) is 0 Å². The predicted molar refractivity (Wildman–Crippen MR) is 109 cm³/mol. The third-order valence-electron chi connectivity index (χ3n) is 5.06. The Morgan fingerprint density at radius 3 is 1.93 bits per heavy atom. The van der Waals surface area contributed by atoms with Gasteiger partial charge < -0.3 is 5.11 Å². The second-order valence-corrected chi connectivity index (χ2v) is 7.06. The molecule has 0 radical (unpaired) electrons. The molecular weight excluding hydrogens is 388 g/mol. The van der Waals surface area contributed by atoms with Crippen molar-refractivity contribution in [2.75, 3.05) is 4.90 Å². The number of nitrogens with zero attached hydrogens (tertiary/aromatic N) is 1. The predicted octanol–water partition coefficient (Wildman–Crippen LogP) is 4.90. The first kappa shape index (κ1) is 19.5. The fourth-order valence-electron chi connectivity index (χ4n) is 3.53. The van der Waals surface area contributed by atoms with E-state index in [1.807, 2.05) is 6.92 Å². The molecule has 1 aliphatic rings. The third-order valence-corrected chi connectivity index (χ3v) is 5.06. The van der Waals surface area contributed by atoms with Gasteiger partial charge in [0.15, 0.2) is 0 Å². The Balaban J connectivity index is 1.93. The molecule has 0 saturated carbocycles. The molecule has 0 aromatic heterocycles. The molecule has 1 N–H and O–H groups in total. The van der Waals surface area contributed by atoms with E-state index in [0.717, 1.165) is 5.56 Å². The van der Waals surface area contributed by atoms with Crippen molar-refractivity contribution in [3.05, 3.63) is 107 Å². The quantitative estimate of drug-likeness (QED) is 0.383. The van der Waals surface area contributed by atoms with E-state index in [9.17, 15) is 23.5 Å². The largest absolute Gasteiger partial charge is 0.507 e. The molecule has 4 rings (SSSR count). The van der Waals surface area contributed by atoms with E-state index in [-0.39, 0.29) is 17.0 Å². The van der Waals surface area contributed by atoms with E-state index in [0.29, 0.717) is 11.1 Å². The highest BCUT2D eigenvalue weighted by Gasteiger charge is 2.46. The van der Waals surface area contributed by atoms with Crippen LogP contribution < -0.4 is 4.90 Å². The van der Waals surface area contributed by atoms with Gasteiger partial charge in [-0.05, 0) is 48.9 Å². The van der Waals surface area contributed by atoms with Crippen LogP contribution in [0, 0.1) is 18.6 Å². The normalized spacial score (nSPS) is 18.1. The van der Waals surface area contributed by atoms with Crippen LogP contribution in [0.25, 0.3) is 5.76 Å². The maximum atomic E-state index is 13.5. The van der Waals surface area contributed by atoms with Crippen molar-refractivity contribution in [1.82, 2.24) is 0 Å². The number of carbonyl (C=O) groups excluding carboxylic acids is 2. The number of rotatable bonds is 3. The molecule has 150 valence electrons. The number of hydrogen-bond acceptors (Lipinski definition) is 3. The Morgan fingerprint density at radius 1 is 0.833 bits per heavy atom. The van der Waals surface area contributed by atoms with Crippen molar-refractivity contribution in [3.8, 4) is 0 Å². The number of anilines is 1. The second kappa shape index (κ2) is 7.55. The molecule has 1 aliphatic heterocycles. The van der Waals surface area contributed by atoms with E-state index in [1.54, 1.807) is 24.3 Å². The average Bonchev–Trinajstić information content (AvgIpc) is 3.00. The molecule has 0 aliphatic carbocycles. The van der Waals surface area contributed by atoms with Crippen molar-refractivity contribution in [3.63, 3.8) is 0 Å². The van der Waals surface area contributed by atoms with Crippen LogP contribution in [0.1, 0.15) is 22.7 Å². The third kappa shape index (κ3) is 3.37. The summed E-state index contributed by atoms with van der Waals surface area (Å²) in [6.07, 6.45) is 0. The van der Waals surface area contributed by atoms with E-state index >= 15 is 0 Å². The first-order chi connectivity index (χ1) is 14.4. The van der Waals surface area contributed by atoms with Gasteiger partial charge >= 0.3 is 0 Å². The highest BCUT2D eigenvalue weighted by Crippen LogP contribution is 2.42. The molecule has 1 heterocycles. The zero-order chi connectivity index (χ0) is 21.4. The Bertz CT molecular complexity index is 1150. The van der Waals surface area contributed by atoms with Crippen LogP contribution in [0.3, 0.4) is 0 Å². The van der Waals surface area contributed by atoms with E-state index in [4.69, 9.17) is 0 Å². The number of halogens is 2. The number of ketones is 1. The number of aliphatic hydroxyl groups is 1. The monoisotopic (exact) mass is 405 g/mol. The lowest BCUT2D eigenvalue weighted by atomic mass is 9.95. The van der Waals surface area contributed by atoms with Crippen LogP contribution in [0.15, 0.2) is 78.4 Å². The minimum absolute atomic E-state index is 0.111. The summed E-state index contributed by atoms with van der Waals surface area (Å²) in [5, 5.41) is 10.9. The van der Waals surface area contributed by atoms with E-state index in [2.05, 4.69) is 0 Å². The molecule has 1 amide bonds. The Hall–Kier alpha value is -3.80. The summed E-state index contributed by atoms with van der Waals surface area (Å²) in [5.41, 5.74) is 1.96. The SMILES string of the molecule is Cc1ccc(C(O)=C2C(=O)C(=O)N(c3ccc(F)cc3)C2c2ccc(F)cc2)cc1. The number of benzene rings is 3. The number of aliphatic hydroxyl groups excluding tert-OH is 1. The molecular formula is C24H17F2NO3. The smallest absolute Gasteiger partial charge is 0.300 e. The van der Waals surface area contributed by atoms with Gasteiger partial charge in [0.25, 0.3) is 11.7 Å². The Kier molecular flexibility index (Phi) is 4.91. The van der Waals surface area contributed by atoms with Gasteiger partial charge in [0.05, 0.1) is 11.6 Å². The maximum absolute atomic E-state index is 13.5. The molecule has 4 nitrogen and oxygen atoms in total. The summed E-state index contributed by atoms with van der Waals surface area (Å²) in [4.78, 5) is 27.0. The number of aryl methyl sites for hydroxylation is 1. The van der Waals surface area contributed by atoms with Gasteiger partial charge in [-0.2, -0.15) is 0 Å². The lowest BCUT2D eigenvalue weighted by molar-refractivity contribution is -0.132. The fraction of sp³-hybridized carbons (Fsp3) is 0.0833. The number of carbonyl (C=O) groups is 2. The molecule has 1 unspecified atom stereocenters. The summed E-state index contributed by atoms with van der Waals surface area (Å²) in [7, 11) is 0. The van der Waals surface area contributed by atoms with Gasteiger partial charge in [-0.15, -0.1) is 0 Å². The van der Waals surface area contributed by atoms with Gasteiger partial charge in [0, 0.05) is 11.3 Å². The minimum Gasteiger partial charge on any atom is -0.507 e. The van der Waals surface area contributed by atoms with Gasteiger partial charge in [-0.25, -0.2) is 8.78 Å². The Morgan fingerprint density at radius 2 is 1.37 bits per heavy atom. The van der Waals surface area contributed by atoms with Crippen LogP contribution in [0.2, 0.25) is 0 Å². The summed E-state index contributed by atoms with van der Waals surface area (Å²) in [5.74, 6) is -3.02. The minimum atomic E-state index is -0.989. The van der Waals surface area contributed by atoms with Gasteiger partial charge in [0.2, 0.25) is 0 Å². The van der Waals surface area contributed by atoms with Gasteiger partial charge in [-0.3, -0.25) is 14.5 Å². The van der Waals surface area contributed by atoms with E-state index in [1.165, 1.54) is 53.4 Å². The average molecular weight is 405 g/mol. The standard InChI is InChI=1S/C24H17F2NO3/c1-14-2-4-16(5-3-14)22(28)20-21(15-6-8-17(25)9-7-15)27(24(30)23(20)29)19-12-10-18(26)11-13-19/h2-13,21,28H,1H3. The van der Waals surface area contributed by atoms with Crippen LogP contribution >= 0.6 is 0 Å². The first-order valence-electron chi connectivity index (χ1n) is 9.26. The number of hydrogen-bond donors (Lipinski definition) is 1. The van der Waals surface area contributed by atoms with E-state index < -0.39 is 29.4 Å². The molecule has 1 atom stereocenters. The summed E-state index contributed by atoms with van der Waals surface area (Å²) in [6.45, 7) is 1.88. The molecule has 30 heavy (non-hydrogen) atoms. The van der Waals surface area contributed by atoms with Crippen molar-refractivity contribution in [1.29, 1.82) is 0 Å². The van der Waals surface area contributed by atoms with Crippen molar-refractivity contribution < 1.29 is 23.5 Å². The number of amides is 1. The zero-order valence-corrected chi connectivity index (χ0v) is 16.0. The fourth-order valence-corrected chi connectivity index (χ4v) is 3.53. The molecule has 0 bridgehead atoms. The molecule has 0 spiro atoms. The first-order valence-corrected chi connectivity index (χ1v) is 9.26. The topological polar surface area (TPSA) is 57.6 Å². The lowest BCUT2D eigenvalue weighted by Gasteiger charge is -2.25. The maximum Gasteiger partial charge on any atom is 0.300 e. The molecule has 1 saturated heterocycles. The highest BCUT2D eigenvalue weighted by molar-refractivity contribution is 6.51. The van der Waals surface area contributed by atoms with Crippen molar-refractivity contribution in [2.45, 2.75) is 13.0 Å². The van der Waals surface area contributed by atoms with Gasteiger partial charge in [0.1, 0.15) is 17.4 Å². The molecule has 1 fully saturated rings. The molecule has 6 heteroatoms. The number of Topliss-reactive ketones (excluding diaryl/α,β-unsaturated/α-hetero) is 1. The Labute approximate surface area is 171 Å². The van der Waals surface area contributed by atoms with Crippen LogP contribution in [-0.4, -0.2) is 16.8 Å². The molecule has 3 aromatic carbocycles. The zero-order valence-electron chi connectivity index (χ0n) is 16.0. The van der Waals surface area contributed by atoms with Crippen molar-refractivity contribution >= 4 is 23.1 Å². The highest BCUT2D eigenvalue weighted by atomic mass is 19.1. The van der Waals surface area contributed by atoms with Crippen LogP contribution in [0.4, 0.5) is 14.5 Å².